The zero-order chi connectivity index (χ0) is 7.28. The fourth-order valence-electron chi connectivity index (χ4n) is 0.487. The molecule has 0 saturated carbocycles. The summed E-state index contributed by atoms with van der Waals surface area (Å²) in [4.78, 5) is 10.7. The summed E-state index contributed by atoms with van der Waals surface area (Å²) in [6.07, 6.45) is 1.59. The van der Waals surface area contributed by atoms with Crippen molar-refractivity contribution in [1.29, 1.82) is 0 Å². The molecule has 2 nitrogen and oxygen atoms in total. The molecule has 0 saturated heterocycles. The van der Waals surface area contributed by atoms with E-state index in [4.69, 9.17) is 0 Å². The highest BCUT2D eigenvalue weighted by molar-refractivity contribution is 5.87. The topological polar surface area (TPSA) is 29.1 Å². The predicted octanol–water partition coefficient (Wildman–Crippen LogP) is 1.09. The molecule has 0 aliphatic rings. The maximum absolute atomic E-state index is 10.7. The van der Waals surface area contributed by atoms with Gasteiger partial charge in [0.05, 0.1) is 0 Å². The molecule has 0 unspecified atom stereocenters. The second kappa shape index (κ2) is 4.13. The Kier molecular flexibility index (Phi) is 3.76. The summed E-state index contributed by atoms with van der Waals surface area (Å²) in [6, 6.07) is 0. The third kappa shape index (κ3) is 5.07. The zero-order valence-electron chi connectivity index (χ0n) is 6.19. The molecule has 0 aromatic carbocycles. The molecule has 1 N–H and O–H groups in total. The molecule has 0 bridgehead atoms. The van der Waals surface area contributed by atoms with Crippen molar-refractivity contribution in [2.75, 3.05) is 6.54 Å². The zero-order valence-corrected chi connectivity index (χ0v) is 6.19. The van der Waals surface area contributed by atoms with E-state index in [0.29, 0.717) is 6.54 Å². The van der Waals surface area contributed by atoms with E-state index in [1.165, 1.54) is 0 Å². The summed E-state index contributed by atoms with van der Waals surface area (Å²) in [7, 11) is 0. The number of carbonyl (C=O) groups excluding carboxylic acids is 1. The Balaban J connectivity index is 3.63. The molecule has 0 fully saturated rings. The smallest absolute Gasteiger partial charge is 0.243 e. The van der Waals surface area contributed by atoms with Gasteiger partial charge in [-0.15, -0.1) is 0 Å². The summed E-state index contributed by atoms with van der Waals surface area (Å²) >= 11 is 0. The van der Waals surface area contributed by atoms with Crippen molar-refractivity contribution < 1.29 is 4.79 Å². The van der Waals surface area contributed by atoms with Gasteiger partial charge in [-0.2, -0.15) is 0 Å². The van der Waals surface area contributed by atoms with E-state index in [-0.39, 0.29) is 5.91 Å². The molecule has 0 aromatic heterocycles. The van der Waals surface area contributed by atoms with Gasteiger partial charge in [0.25, 0.3) is 0 Å². The SMILES string of the molecule is CCNC(=O)C=C(C)C. The quantitative estimate of drug-likeness (QED) is 0.553. The summed E-state index contributed by atoms with van der Waals surface area (Å²) in [5.74, 6) is -0.00231. The van der Waals surface area contributed by atoms with Crippen molar-refractivity contribution in [2.45, 2.75) is 20.8 Å². The fraction of sp³-hybridized carbons (Fsp3) is 0.571. The Bertz CT molecular complexity index is 123. The number of likely N-dealkylation sites (N-methyl/N-ethyl adjacent to an activating group) is 1. The molecule has 0 heterocycles. The van der Waals surface area contributed by atoms with E-state index < -0.39 is 0 Å². The third-order valence-electron chi connectivity index (χ3n) is 0.771. The molecule has 0 spiro atoms. The van der Waals surface area contributed by atoms with Gasteiger partial charge in [0.2, 0.25) is 5.91 Å². The van der Waals surface area contributed by atoms with Crippen molar-refractivity contribution in [1.82, 2.24) is 5.32 Å². The Morgan fingerprint density at radius 2 is 2.11 bits per heavy atom. The Morgan fingerprint density at radius 1 is 1.56 bits per heavy atom. The van der Waals surface area contributed by atoms with Gasteiger partial charge in [0.15, 0.2) is 0 Å². The molecule has 9 heavy (non-hydrogen) atoms. The molecule has 1 amide bonds. The summed E-state index contributed by atoms with van der Waals surface area (Å²) < 4.78 is 0. The summed E-state index contributed by atoms with van der Waals surface area (Å²) in [5, 5.41) is 2.66. The van der Waals surface area contributed by atoms with Gasteiger partial charge in [-0.1, -0.05) is 5.57 Å². The third-order valence-corrected chi connectivity index (χ3v) is 0.771. The minimum absolute atomic E-state index is 0.00231. The van der Waals surface area contributed by atoms with Gasteiger partial charge < -0.3 is 5.32 Å². The standard InChI is InChI=1S/C7H13NO/c1-4-8-7(9)5-6(2)3/h5H,4H2,1-3H3,(H,8,9). The first kappa shape index (κ1) is 8.21. The van der Waals surface area contributed by atoms with E-state index in [2.05, 4.69) is 5.32 Å². The molecule has 2 heteroatoms. The lowest BCUT2D eigenvalue weighted by molar-refractivity contribution is -0.116. The van der Waals surface area contributed by atoms with Crippen LogP contribution in [-0.4, -0.2) is 12.5 Å². The van der Waals surface area contributed by atoms with Crippen LogP contribution in [0.3, 0.4) is 0 Å². The van der Waals surface area contributed by atoms with E-state index in [1.54, 1.807) is 6.08 Å². The van der Waals surface area contributed by atoms with Crippen molar-refractivity contribution in [3.8, 4) is 0 Å². The maximum Gasteiger partial charge on any atom is 0.243 e. The first-order chi connectivity index (χ1) is 4.16. The Hall–Kier alpha value is -0.790. The van der Waals surface area contributed by atoms with E-state index in [9.17, 15) is 4.79 Å². The first-order valence-corrected chi connectivity index (χ1v) is 3.09. The average molecular weight is 127 g/mol. The van der Waals surface area contributed by atoms with Crippen molar-refractivity contribution >= 4 is 5.91 Å². The summed E-state index contributed by atoms with van der Waals surface area (Å²) in [5.41, 5.74) is 1.03. The van der Waals surface area contributed by atoms with Crippen LogP contribution in [-0.2, 0) is 4.79 Å². The number of rotatable bonds is 2. The Morgan fingerprint density at radius 3 is 2.44 bits per heavy atom. The second-order valence-electron chi connectivity index (χ2n) is 2.12. The van der Waals surface area contributed by atoms with Crippen molar-refractivity contribution in [2.24, 2.45) is 0 Å². The number of hydrogen-bond donors (Lipinski definition) is 1. The number of amides is 1. The van der Waals surface area contributed by atoms with Crippen LogP contribution in [0, 0.1) is 0 Å². The molecule has 0 aromatic rings. The van der Waals surface area contributed by atoms with Crippen LogP contribution >= 0.6 is 0 Å². The highest BCUT2D eigenvalue weighted by Gasteiger charge is 1.89. The largest absolute Gasteiger partial charge is 0.353 e. The van der Waals surface area contributed by atoms with E-state index >= 15 is 0 Å². The van der Waals surface area contributed by atoms with Crippen molar-refractivity contribution in [3.05, 3.63) is 11.6 Å². The average Bonchev–Trinajstić information content (AvgIpc) is 1.63. The molecule has 52 valence electrons. The van der Waals surface area contributed by atoms with Crippen LogP contribution in [0.2, 0.25) is 0 Å². The molecule has 0 aliphatic carbocycles. The van der Waals surface area contributed by atoms with Gasteiger partial charge in [0, 0.05) is 12.6 Å². The maximum atomic E-state index is 10.7. The molecule has 0 radical (unpaired) electrons. The predicted molar refractivity (Wildman–Crippen MR) is 38.1 cm³/mol. The van der Waals surface area contributed by atoms with E-state index in [1.807, 2.05) is 20.8 Å². The highest BCUT2D eigenvalue weighted by atomic mass is 16.1. The molecule has 0 atom stereocenters. The molecular formula is C7H13NO. The van der Waals surface area contributed by atoms with Crippen LogP contribution in [0.1, 0.15) is 20.8 Å². The second-order valence-corrected chi connectivity index (χ2v) is 2.12. The number of allylic oxidation sites excluding steroid dienone is 1. The minimum atomic E-state index is -0.00231. The molecule has 0 aliphatic heterocycles. The number of hydrogen-bond acceptors (Lipinski definition) is 1. The van der Waals surface area contributed by atoms with Gasteiger partial charge >= 0.3 is 0 Å². The normalized spacial score (nSPS) is 8.33. The monoisotopic (exact) mass is 127 g/mol. The van der Waals surface area contributed by atoms with Crippen LogP contribution in [0.15, 0.2) is 11.6 Å². The van der Waals surface area contributed by atoms with E-state index in [0.717, 1.165) is 5.57 Å². The molecular weight excluding hydrogens is 114 g/mol. The van der Waals surface area contributed by atoms with Crippen LogP contribution < -0.4 is 5.32 Å². The Labute approximate surface area is 56.0 Å². The number of nitrogens with one attached hydrogen (secondary N) is 1. The first-order valence-electron chi connectivity index (χ1n) is 3.09. The minimum Gasteiger partial charge on any atom is -0.353 e. The van der Waals surface area contributed by atoms with Crippen LogP contribution in [0.4, 0.5) is 0 Å². The van der Waals surface area contributed by atoms with Gasteiger partial charge in [-0.05, 0) is 20.8 Å². The van der Waals surface area contributed by atoms with Gasteiger partial charge in [0.1, 0.15) is 0 Å². The van der Waals surface area contributed by atoms with Crippen LogP contribution in [0.5, 0.6) is 0 Å². The van der Waals surface area contributed by atoms with Crippen molar-refractivity contribution in [3.63, 3.8) is 0 Å². The lowest BCUT2D eigenvalue weighted by atomic mass is 10.3. The highest BCUT2D eigenvalue weighted by Crippen LogP contribution is 1.85. The summed E-state index contributed by atoms with van der Waals surface area (Å²) in [6.45, 7) is 6.39. The molecule has 0 rings (SSSR count). The van der Waals surface area contributed by atoms with Gasteiger partial charge in [-0.25, -0.2) is 0 Å². The van der Waals surface area contributed by atoms with Crippen LogP contribution in [0.25, 0.3) is 0 Å². The van der Waals surface area contributed by atoms with Gasteiger partial charge in [-0.3, -0.25) is 4.79 Å². The lowest BCUT2D eigenvalue weighted by Crippen LogP contribution is -2.20. The lowest BCUT2D eigenvalue weighted by Gasteiger charge is -1.94. The fourth-order valence-corrected chi connectivity index (χ4v) is 0.487. The number of carbonyl (C=O) groups is 1.